The third-order valence-corrected chi connectivity index (χ3v) is 3.19. The van der Waals surface area contributed by atoms with Crippen LogP contribution in [0.5, 0.6) is 0 Å². The summed E-state index contributed by atoms with van der Waals surface area (Å²) in [6, 6.07) is 5.17. The second kappa shape index (κ2) is 2.56. The highest BCUT2D eigenvalue weighted by atomic mass is 19.1. The van der Waals surface area contributed by atoms with Crippen LogP contribution in [0.3, 0.4) is 0 Å². The van der Waals surface area contributed by atoms with E-state index in [4.69, 9.17) is 0 Å². The van der Waals surface area contributed by atoms with Gasteiger partial charge in [-0.25, -0.2) is 4.39 Å². The van der Waals surface area contributed by atoms with Crippen LogP contribution in [0, 0.1) is 11.7 Å². The summed E-state index contributed by atoms with van der Waals surface area (Å²) in [5.41, 5.74) is 1.77. The molecule has 1 aliphatic heterocycles. The van der Waals surface area contributed by atoms with Gasteiger partial charge >= 0.3 is 0 Å². The van der Waals surface area contributed by atoms with Gasteiger partial charge in [-0.2, -0.15) is 0 Å². The minimum absolute atomic E-state index is 0.0631. The normalized spacial score (nSPS) is 28.5. The molecule has 0 bridgehead atoms. The molecule has 72 valence electrons. The molecule has 0 aromatic heterocycles. The maximum absolute atomic E-state index is 13.4. The molecule has 1 aliphatic carbocycles. The molecule has 1 heterocycles. The molecular weight excluding hydrogens is 181 g/mol. The van der Waals surface area contributed by atoms with Gasteiger partial charge in [0.15, 0.2) is 0 Å². The molecule has 0 spiro atoms. The van der Waals surface area contributed by atoms with Crippen LogP contribution < -0.4 is 5.32 Å². The van der Waals surface area contributed by atoms with Crippen molar-refractivity contribution in [3.05, 3.63) is 35.1 Å². The lowest BCUT2D eigenvalue weighted by molar-refractivity contribution is -0.119. The van der Waals surface area contributed by atoms with E-state index in [-0.39, 0.29) is 23.7 Å². The van der Waals surface area contributed by atoms with E-state index in [9.17, 15) is 9.18 Å². The van der Waals surface area contributed by atoms with Crippen LogP contribution in [0.15, 0.2) is 18.2 Å². The van der Waals surface area contributed by atoms with Crippen molar-refractivity contribution < 1.29 is 9.18 Å². The molecule has 1 N–H and O–H groups in total. The van der Waals surface area contributed by atoms with Gasteiger partial charge < -0.3 is 5.32 Å². The smallest absolute Gasteiger partial charge is 0.220 e. The van der Waals surface area contributed by atoms with Gasteiger partial charge in [0, 0.05) is 6.42 Å². The first-order valence-corrected chi connectivity index (χ1v) is 4.82. The van der Waals surface area contributed by atoms with Crippen molar-refractivity contribution in [1.29, 1.82) is 0 Å². The molecular formula is C11H10FNO. The van der Waals surface area contributed by atoms with Crippen molar-refractivity contribution in [2.24, 2.45) is 5.92 Å². The number of amides is 1. The van der Waals surface area contributed by atoms with E-state index < -0.39 is 0 Å². The van der Waals surface area contributed by atoms with Gasteiger partial charge in [-0.1, -0.05) is 12.1 Å². The minimum Gasteiger partial charge on any atom is -0.349 e. The third kappa shape index (κ3) is 0.924. The molecule has 2 unspecified atom stereocenters. The highest BCUT2D eigenvalue weighted by Gasteiger charge is 2.40. The molecule has 1 amide bonds. The number of carbonyl (C=O) groups is 1. The second-order valence-electron chi connectivity index (χ2n) is 4.02. The van der Waals surface area contributed by atoms with E-state index in [1.54, 1.807) is 6.07 Å². The zero-order valence-corrected chi connectivity index (χ0v) is 7.59. The monoisotopic (exact) mass is 191 g/mol. The van der Waals surface area contributed by atoms with Crippen LogP contribution in [-0.2, 0) is 11.2 Å². The van der Waals surface area contributed by atoms with Crippen LogP contribution in [-0.4, -0.2) is 5.91 Å². The predicted octanol–water partition coefficient (Wildman–Crippen LogP) is 1.56. The molecule has 0 radical (unpaired) electrons. The summed E-state index contributed by atoms with van der Waals surface area (Å²) in [5.74, 6) is 0.232. The average molecular weight is 191 g/mol. The van der Waals surface area contributed by atoms with Crippen molar-refractivity contribution in [3.63, 3.8) is 0 Å². The van der Waals surface area contributed by atoms with E-state index in [0.717, 1.165) is 11.1 Å². The van der Waals surface area contributed by atoms with E-state index in [1.807, 2.05) is 6.07 Å². The van der Waals surface area contributed by atoms with Gasteiger partial charge in [0.05, 0.1) is 6.04 Å². The maximum atomic E-state index is 13.4. The quantitative estimate of drug-likeness (QED) is 0.662. The summed E-state index contributed by atoms with van der Waals surface area (Å²) in [5, 5.41) is 2.89. The van der Waals surface area contributed by atoms with Gasteiger partial charge in [0.1, 0.15) is 5.82 Å². The van der Waals surface area contributed by atoms with Crippen molar-refractivity contribution >= 4 is 5.91 Å². The number of halogens is 1. The molecule has 14 heavy (non-hydrogen) atoms. The number of hydrogen-bond acceptors (Lipinski definition) is 1. The average Bonchev–Trinajstić information content (AvgIpc) is 2.63. The third-order valence-electron chi connectivity index (χ3n) is 3.19. The van der Waals surface area contributed by atoms with Crippen LogP contribution in [0.2, 0.25) is 0 Å². The lowest BCUT2D eigenvalue weighted by Gasteiger charge is -2.09. The largest absolute Gasteiger partial charge is 0.349 e. The topological polar surface area (TPSA) is 29.1 Å². The van der Waals surface area contributed by atoms with Crippen LogP contribution in [0.25, 0.3) is 0 Å². The van der Waals surface area contributed by atoms with Crippen LogP contribution in [0.1, 0.15) is 23.6 Å². The Morgan fingerprint density at radius 1 is 1.36 bits per heavy atom. The van der Waals surface area contributed by atoms with Gasteiger partial charge in [0.25, 0.3) is 0 Å². The summed E-state index contributed by atoms with van der Waals surface area (Å²) < 4.78 is 13.4. The van der Waals surface area contributed by atoms with Crippen molar-refractivity contribution in [3.8, 4) is 0 Å². The van der Waals surface area contributed by atoms with Gasteiger partial charge in [-0.05, 0) is 29.5 Å². The number of rotatable bonds is 0. The highest BCUT2D eigenvalue weighted by molar-refractivity contribution is 5.80. The number of fused-ring (bicyclic) bond motifs is 3. The van der Waals surface area contributed by atoms with Gasteiger partial charge in [0.2, 0.25) is 5.91 Å². The first kappa shape index (κ1) is 7.97. The van der Waals surface area contributed by atoms with E-state index >= 15 is 0 Å². The standard InChI is InChI=1S/C11H10FNO/c12-9-3-1-2-7-8(9)4-6-5-10(14)13-11(6)7/h1-3,6,11H,4-5H2,(H,13,14). The Bertz CT molecular complexity index is 416. The zero-order valence-electron chi connectivity index (χ0n) is 7.59. The molecule has 0 saturated carbocycles. The zero-order chi connectivity index (χ0) is 9.71. The number of carbonyl (C=O) groups excluding carboxylic acids is 1. The fraction of sp³-hybridized carbons (Fsp3) is 0.364. The summed E-state index contributed by atoms with van der Waals surface area (Å²) in [7, 11) is 0. The summed E-state index contributed by atoms with van der Waals surface area (Å²) >= 11 is 0. The molecule has 2 nitrogen and oxygen atoms in total. The molecule has 1 aromatic rings. The second-order valence-corrected chi connectivity index (χ2v) is 4.02. The Hall–Kier alpha value is -1.38. The molecule has 1 saturated heterocycles. The fourth-order valence-corrected chi connectivity index (χ4v) is 2.57. The van der Waals surface area contributed by atoms with Crippen molar-refractivity contribution in [1.82, 2.24) is 5.32 Å². The number of hydrogen-bond donors (Lipinski definition) is 1. The molecule has 3 rings (SSSR count). The maximum Gasteiger partial charge on any atom is 0.220 e. The van der Waals surface area contributed by atoms with E-state index in [0.29, 0.717) is 12.8 Å². The summed E-state index contributed by atoms with van der Waals surface area (Å²) in [6.07, 6.45) is 1.24. The molecule has 1 aromatic carbocycles. The Balaban J connectivity index is 2.09. The molecule has 2 aliphatic rings. The first-order chi connectivity index (χ1) is 6.75. The number of benzene rings is 1. The van der Waals surface area contributed by atoms with Crippen LogP contribution in [0.4, 0.5) is 4.39 Å². The van der Waals surface area contributed by atoms with E-state index in [1.165, 1.54) is 6.07 Å². The van der Waals surface area contributed by atoms with Crippen LogP contribution >= 0.6 is 0 Å². The lowest BCUT2D eigenvalue weighted by atomic mass is 10.0. The Kier molecular flexibility index (Phi) is 1.46. The van der Waals surface area contributed by atoms with Crippen molar-refractivity contribution in [2.45, 2.75) is 18.9 Å². The van der Waals surface area contributed by atoms with E-state index in [2.05, 4.69) is 5.32 Å². The molecule has 3 heteroatoms. The SMILES string of the molecule is O=C1CC2Cc3c(F)cccc3C2N1. The Morgan fingerprint density at radius 3 is 3.07 bits per heavy atom. The summed E-state index contributed by atoms with van der Waals surface area (Å²) in [4.78, 5) is 11.1. The lowest BCUT2D eigenvalue weighted by Crippen LogP contribution is -2.18. The molecule has 1 fully saturated rings. The first-order valence-electron chi connectivity index (χ1n) is 4.82. The van der Waals surface area contributed by atoms with Crippen molar-refractivity contribution in [2.75, 3.05) is 0 Å². The number of nitrogens with one attached hydrogen (secondary N) is 1. The minimum atomic E-state index is -0.133. The van der Waals surface area contributed by atoms with Gasteiger partial charge in [-0.3, -0.25) is 4.79 Å². The van der Waals surface area contributed by atoms with Gasteiger partial charge in [-0.15, -0.1) is 0 Å². The Morgan fingerprint density at radius 2 is 2.21 bits per heavy atom. The highest BCUT2D eigenvalue weighted by Crippen LogP contribution is 2.42. The molecule has 2 atom stereocenters. The fourth-order valence-electron chi connectivity index (χ4n) is 2.57. The summed E-state index contributed by atoms with van der Waals surface area (Å²) in [6.45, 7) is 0. The predicted molar refractivity (Wildman–Crippen MR) is 49.1 cm³/mol. The Labute approximate surface area is 81.1 Å².